The molecular formula is C62H111N11O12. The van der Waals surface area contributed by atoms with Crippen molar-refractivity contribution >= 4 is 65.0 Å². The first-order valence-corrected chi connectivity index (χ1v) is 30.6. The maximum absolute atomic E-state index is 15.1. The van der Waals surface area contributed by atoms with Crippen LogP contribution in [-0.4, -0.2) is 227 Å². The minimum Gasteiger partial charge on any atom is -0.390 e. The Kier molecular flexibility index (Phi) is 31.5. The zero-order valence-electron chi connectivity index (χ0n) is 56.1. The van der Waals surface area contributed by atoms with Crippen molar-refractivity contribution in [3.63, 3.8) is 0 Å². The summed E-state index contributed by atoms with van der Waals surface area (Å²) in [4.78, 5) is 169. The zero-order valence-corrected chi connectivity index (χ0v) is 56.1. The van der Waals surface area contributed by atoms with Gasteiger partial charge >= 0.3 is 0 Å². The van der Waals surface area contributed by atoms with Gasteiger partial charge in [-0.1, -0.05) is 109 Å². The van der Waals surface area contributed by atoms with E-state index in [1.54, 1.807) is 54.5 Å². The molecule has 0 aromatic rings. The number of likely N-dealkylation sites (N-methyl/N-ethyl adjacent to an activating group) is 7. The van der Waals surface area contributed by atoms with Crippen molar-refractivity contribution in [2.75, 3.05) is 55.9 Å². The summed E-state index contributed by atoms with van der Waals surface area (Å²) in [6.45, 7) is 29.3. The predicted octanol–water partition coefficient (Wildman–Crippen LogP) is 3.27. The molecule has 0 saturated carbocycles. The number of carbonyl (C=O) groups is 11. The number of aliphatic hydroxyl groups is 1. The van der Waals surface area contributed by atoms with Crippen molar-refractivity contribution in [2.45, 2.75) is 223 Å². The first-order valence-electron chi connectivity index (χ1n) is 30.6. The Morgan fingerprint density at radius 1 is 0.459 bits per heavy atom. The van der Waals surface area contributed by atoms with Gasteiger partial charge in [0.1, 0.15) is 60.4 Å². The van der Waals surface area contributed by atoms with Gasteiger partial charge in [0.15, 0.2) is 0 Å². The zero-order chi connectivity index (χ0) is 66.0. The molecule has 12 atom stereocenters. The molecule has 486 valence electrons. The summed E-state index contributed by atoms with van der Waals surface area (Å²) < 4.78 is 0. The molecular weight excluding hydrogens is 1090 g/mol. The van der Waals surface area contributed by atoms with E-state index in [1.807, 2.05) is 61.5 Å². The second-order valence-electron chi connectivity index (χ2n) is 26.1. The molecule has 2 unspecified atom stereocenters. The molecule has 85 heavy (non-hydrogen) atoms. The average molecular weight is 1200 g/mol. The lowest BCUT2D eigenvalue weighted by atomic mass is 9.91. The van der Waals surface area contributed by atoms with E-state index in [4.69, 9.17) is 0 Å². The van der Waals surface area contributed by atoms with Crippen LogP contribution in [0.1, 0.15) is 156 Å². The lowest BCUT2D eigenvalue weighted by molar-refractivity contribution is -0.157. The Morgan fingerprint density at radius 3 is 1.32 bits per heavy atom. The van der Waals surface area contributed by atoms with Crippen molar-refractivity contribution in [3.05, 3.63) is 12.2 Å². The fourth-order valence-corrected chi connectivity index (χ4v) is 10.7. The Bertz CT molecular complexity index is 2330. The van der Waals surface area contributed by atoms with Crippen LogP contribution >= 0.6 is 0 Å². The van der Waals surface area contributed by atoms with Gasteiger partial charge in [0, 0.05) is 49.3 Å². The first-order chi connectivity index (χ1) is 39.2. The van der Waals surface area contributed by atoms with Crippen molar-refractivity contribution in [1.29, 1.82) is 0 Å². The Hall–Kier alpha value is -6.13. The van der Waals surface area contributed by atoms with Crippen LogP contribution in [0.15, 0.2) is 12.2 Å². The van der Waals surface area contributed by atoms with Gasteiger partial charge < -0.3 is 60.7 Å². The predicted molar refractivity (Wildman–Crippen MR) is 328 cm³/mol. The summed E-state index contributed by atoms with van der Waals surface area (Å²) in [5.41, 5.74) is 0. The van der Waals surface area contributed by atoms with Crippen LogP contribution in [0.25, 0.3) is 0 Å². The fourth-order valence-electron chi connectivity index (χ4n) is 10.7. The van der Waals surface area contributed by atoms with Crippen LogP contribution < -0.4 is 21.3 Å². The first kappa shape index (κ1) is 76.9. The molecule has 0 aliphatic carbocycles. The number of aliphatic hydroxyl groups excluding tert-OH is 1. The van der Waals surface area contributed by atoms with Crippen LogP contribution in [0.2, 0.25) is 0 Å². The summed E-state index contributed by atoms with van der Waals surface area (Å²) in [5, 5.41) is 23.1. The summed E-state index contributed by atoms with van der Waals surface area (Å²) in [5.74, 6) is -9.71. The van der Waals surface area contributed by atoms with Crippen LogP contribution in [0, 0.1) is 41.4 Å². The third kappa shape index (κ3) is 21.7. The molecule has 1 aliphatic heterocycles. The number of amides is 11. The standard InChI is InChI=1S/C62H111N11O12/c1-25-27-28-40(15)52(75)51-56(79)65-43(26-2)58(81)67(18)33-48(74)68(19)44(29-34(3)4)55(78)66-49(38(11)12)61(84)69(20)45(30-35(5)6)54(77)63-41(16)53(76)64-42(17)57(80)70(21)46(31-36(7)8)59(82)71(22)47(32-37(9)10)60(83)72(23)50(39(13)14)62(85)73(51)24/h25,27,34-47,49-52,75H,26,28-33H2,1-24H3,(H,63,77)(H,64,76)(H,65,79)(H,66,78)/t40-,41+,42-,43+,44+,45+,46+,47?,49+,50+,51?,52+/m1/s1. The molecule has 1 saturated heterocycles. The van der Waals surface area contributed by atoms with Crippen molar-refractivity contribution < 1.29 is 57.8 Å². The molecule has 1 fully saturated rings. The van der Waals surface area contributed by atoms with E-state index in [0.717, 1.165) is 9.80 Å². The van der Waals surface area contributed by atoms with Crippen LogP contribution in [0.4, 0.5) is 0 Å². The summed E-state index contributed by atoms with van der Waals surface area (Å²) in [7, 11) is 9.92. The smallest absolute Gasteiger partial charge is 0.246 e. The molecule has 0 spiro atoms. The van der Waals surface area contributed by atoms with E-state index in [0.29, 0.717) is 6.42 Å². The van der Waals surface area contributed by atoms with E-state index in [9.17, 15) is 48.3 Å². The van der Waals surface area contributed by atoms with Crippen molar-refractivity contribution in [2.24, 2.45) is 41.4 Å². The number of nitrogens with one attached hydrogen (secondary N) is 4. The Balaban J connectivity index is 4.32. The molecule has 0 aromatic carbocycles. The van der Waals surface area contributed by atoms with Crippen LogP contribution in [-0.2, 0) is 52.7 Å². The van der Waals surface area contributed by atoms with Crippen LogP contribution in [0.5, 0.6) is 0 Å². The largest absolute Gasteiger partial charge is 0.390 e. The molecule has 1 heterocycles. The number of rotatable bonds is 15. The molecule has 23 heteroatoms. The van der Waals surface area contributed by atoms with E-state index in [2.05, 4.69) is 21.3 Å². The van der Waals surface area contributed by atoms with Crippen molar-refractivity contribution in [1.82, 2.24) is 55.6 Å². The number of hydrogen-bond acceptors (Lipinski definition) is 12. The monoisotopic (exact) mass is 1200 g/mol. The van der Waals surface area contributed by atoms with Gasteiger partial charge in [-0.15, -0.1) is 0 Å². The molecule has 0 radical (unpaired) electrons. The summed E-state index contributed by atoms with van der Waals surface area (Å²) in [6, 6.07) is -12.3. The fraction of sp³-hybridized carbons (Fsp3) is 0.790. The number of allylic oxidation sites excluding steroid dienone is 2. The van der Waals surface area contributed by atoms with Gasteiger partial charge in [-0.2, -0.15) is 0 Å². The molecule has 1 aliphatic rings. The normalized spacial score (nSPS) is 26.9. The van der Waals surface area contributed by atoms with E-state index >= 15 is 9.59 Å². The third-order valence-corrected chi connectivity index (χ3v) is 16.1. The average Bonchev–Trinajstić information content (AvgIpc) is 3.62. The second-order valence-corrected chi connectivity index (χ2v) is 26.1. The maximum Gasteiger partial charge on any atom is 0.246 e. The number of hydrogen-bond donors (Lipinski definition) is 5. The third-order valence-electron chi connectivity index (χ3n) is 16.1. The van der Waals surface area contributed by atoms with Gasteiger partial charge in [-0.3, -0.25) is 52.7 Å². The summed E-state index contributed by atoms with van der Waals surface area (Å²) in [6.07, 6.45) is 3.04. The SMILES string of the molecule is CC=CC[C@@H](C)[C@H](O)C1C(=O)N[C@@H](CC)C(=O)N(C)CC(=O)N(C)[C@@H](CC(C)C)C(=O)N[C@@H](C(C)C)C(=O)N(C)[C@@H](CC(C)C)C(=O)N[C@@H](C)C(=O)N[C@H](C)C(=O)N(C)[C@@H](CC(C)C)C(=O)N(C)C(CC(C)C)C(=O)N(C)[C@@H](C(C)C)C(=O)N1C. The highest BCUT2D eigenvalue weighted by atomic mass is 16.3. The van der Waals surface area contributed by atoms with Crippen LogP contribution in [0.3, 0.4) is 0 Å². The minimum atomic E-state index is -1.61. The Labute approximate surface area is 508 Å². The summed E-state index contributed by atoms with van der Waals surface area (Å²) >= 11 is 0. The molecule has 11 amide bonds. The van der Waals surface area contributed by atoms with Gasteiger partial charge in [-0.25, -0.2) is 0 Å². The number of carbonyl (C=O) groups excluding carboxylic acids is 11. The van der Waals surface area contributed by atoms with E-state index in [1.165, 1.54) is 87.7 Å². The maximum atomic E-state index is 15.1. The lowest BCUT2D eigenvalue weighted by Gasteiger charge is -2.41. The topological polar surface area (TPSA) is 279 Å². The highest BCUT2D eigenvalue weighted by Gasteiger charge is 2.45. The number of nitrogens with zero attached hydrogens (tertiary/aromatic N) is 7. The van der Waals surface area contributed by atoms with E-state index in [-0.39, 0.29) is 55.8 Å². The van der Waals surface area contributed by atoms with Crippen molar-refractivity contribution in [3.8, 4) is 0 Å². The quantitative estimate of drug-likeness (QED) is 0.148. The molecule has 23 nitrogen and oxygen atoms in total. The lowest BCUT2D eigenvalue weighted by Crippen LogP contribution is -2.63. The molecule has 1 rings (SSSR count). The molecule has 5 N–H and O–H groups in total. The molecule has 0 bridgehead atoms. The molecule has 0 aromatic heterocycles. The van der Waals surface area contributed by atoms with Gasteiger partial charge in [-0.05, 0) is 101 Å². The Morgan fingerprint density at radius 2 is 0.871 bits per heavy atom. The van der Waals surface area contributed by atoms with E-state index < -0.39 is 156 Å². The van der Waals surface area contributed by atoms with Gasteiger partial charge in [0.25, 0.3) is 0 Å². The highest BCUT2D eigenvalue weighted by Crippen LogP contribution is 2.26. The second kappa shape index (κ2) is 34.9. The van der Waals surface area contributed by atoms with Gasteiger partial charge in [0.05, 0.1) is 12.6 Å². The highest BCUT2D eigenvalue weighted by molar-refractivity contribution is 5.99. The van der Waals surface area contributed by atoms with Gasteiger partial charge in [0.2, 0.25) is 65.0 Å². The minimum absolute atomic E-state index is 0.0229.